The van der Waals surface area contributed by atoms with Gasteiger partial charge in [-0.3, -0.25) is 9.59 Å². The quantitative estimate of drug-likeness (QED) is 0.191. The van der Waals surface area contributed by atoms with E-state index in [9.17, 15) is 9.59 Å². The number of carbonyl (C=O) groups excluding carboxylic acids is 2. The van der Waals surface area contributed by atoms with E-state index in [-0.39, 0.29) is 31.2 Å². The Morgan fingerprint density at radius 1 is 1.20 bits per heavy atom. The minimum atomic E-state index is -0.209. The van der Waals surface area contributed by atoms with Gasteiger partial charge in [-0.15, -0.1) is 0 Å². The van der Waals surface area contributed by atoms with Crippen LogP contribution in [0.15, 0.2) is 66.4 Å². The maximum absolute atomic E-state index is 13.4. The summed E-state index contributed by atoms with van der Waals surface area (Å²) in [4.78, 5) is 27.3. The molecule has 1 aliphatic rings. The van der Waals surface area contributed by atoms with Crippen LogP contribution in [0.25, 0.3) is 5.70 Å². The summed E-state index contributed by atoms with van der Waals surface area (Å²) in [6.45, 7) is 12.2. The molecule has 0 saturated carbocycles. The number of nitrogens with zero attached hydrogens (tertiary/aromatic N) is 2. The minimum Gasteiger partial charge on any atom is -0.396 e. The molecular formula is C26H38N6O3. The van der Waals surface area contributed by atoms with Crippen molar-refractivity contribution >= 4 is 23.2 Å². The topological polar surface area (TPSA) is 140 Å². The Hall–Kier alpha value is -3.40. The fourth-order valence-electron chi connectivity index (χ4n) is 3.85. The molecule has 1 heterocycles. The van der Waals surface area contributed by atoms with Gasteiger partial charge in [0.1, 0.15) is 0 Å². The lowest BCUT2D eigenvalue weighted by molar-refractivity contribution is -0.125. The second-order valence-electron chi connectivity index (χ2n) is 8.05. The second-order valence-corrected chi connectivity index (χ2v) is 8.05. The van der Waals surface area contributed by atoms with Crippen molar-refractivity contribution in [2.75, 3.05) is 44.3 Å². The number of benzene rings is 1. The van der Waals surface area contributed by atoms with Gasteiger partial charge in [0.15, 0.2) is 0 Å². The molecule has 1 aromatic carbocycles. The third-order valence-electron chi connectivity index (χ3n) is 5.56. The van der Waals surface area contributed by atoms with E-state index in [1.54, 1.807) is 17.1 Å². The predicted molar refractivity (Wildman–Crippen MR) is 141 cm³/mol. The van der Waals surface area contributed by atoms with E-state index < -0.39 is 0 Å². The molecule has 9 heteroatoms. The number of hydrogen-bond acceptors (Lipinski definition) is 7. The first-order chi connectivity index (χ1) is 16.9. The lowest BCUT2D eigenvalue weighted by Crippen LogP contribution is -2.39. The normalized spacial score (nSPS) is 17.7. The maximum Gasteiger partial charge on any atom is 0.227 e. The molecule has 0 radical (unpaired) electrons. The number of amides is 2. The van der Waals surface area contributed by atoms with Crippen LogP contribution in [-0.2, 0) is 14.3 Å². The SMILES string of the molecule is C=C/C1=C(C=C)/C(N)=C(/N(N)CCN)c2ccccc2N(C(=O)CCC(=O)NCCOCCC)C1. The van der Waals surface area contributed by atoms with Crippen molar-refractivity contribution in [3.63, 3.8) is 0 Å². The smallest absolute Gasteiger partial charge is 0.227 e. The van der Waals surface area contributed by atoms with E-state index in [1.807, 2.05) is 31.2 Å². The number of fused-ring (bicyclic) bond motifs is 1. The summed E-state index contributed by atoms with van der Waals surface area (Å²) in [6, 6.07) is 7.39. The molecule has 0 aromatic heterocycles. The van der Waals surface area contributed by atoms with Crippen LogP contribution in [0.5, 0.6) is 0 Å². The van der Waals surface area contributed by atoms with Gasteiger partial charge in [0, 0.05) is 50.2 Å². The largest absolute Gasteiger partial charge is 0.396 e. The molecule has 0 fully saturated rings. The summed E-state index contributed by atoms with van der Waals surface area (Å²) >= 11 is 0. The number of para-hydroxylation sites is 1. The van der Waals surface area contributed by atoms with Crippen molar-refractivity contribution in [1.29, 1.82) is 0 Å². The van der Waals surface area contributed by atoms with Crippen LogP contribution in [0.1, 0.15) is 31.7 Å². The van der Waals surface area contributed by atoms with Crippen LogP contribution in [-0.4, -0.2) is 56.2 Å². The van der Waals surface area contributed by atoms with E-state index in [0.717, 1.165) is 12.0 Å². The van der Waals surface area contributed by atoms with E-state index in [2.05, 4.69) is 18.5 Å². The van der Waals surface area contributed by atoms with Crippen molar-refractivity contribution in [1.82, 2.24) is 10.3 Å². The first kappa shape index (κ1) is 27.8. The maximum atomic E-state index is 13.4. The van der Waals surface area contributed by atoms with Gasteiger partial charge in [-0.2, -0.15) is 0 Å². The molecule has 190 valence electrons. The van der Waals surface area contributed by atoms with Gasteiger partial charge >= 0.3 is 0 Å². The molecule has 0 spiro atoms. The van der Waals surface area contributed by atoms with Crippen LogP contribution in [0, 0.1) is 0 Å². The summed E-state index contributed by atoms with van der Waals surface area (Å²) < 4.78 is 5.37. The molecular weight excluding hydrogens is 444 g/mol. The van der Waals surface area contributed by atoms with Crippen molar-refractivity contribution in [3.8, 4) is 0 Å². The van der Waals surface area contributed by atoms with E-state index in [0.29, 0.717) is 61.1 Å². The van der Waals surface area contributed by atoms with Gasteiger partial charge in [-0.1, -0.05) is 50.4 Å². The Balaban J connectivity index is 2.36. The predicted octanol–water partition coefficient (Wildman–Crippen LogP) is 1.79. The third-order valence-corrected chi connectivity index (χ3v) is 5.56. The van der Waals surface area contributed by atoms with Crippen LogP contribution < -0.4 is 27.5 Å². The molecule has 2 rings (SSSR count). The molecule has 0 bridgehead atoms. The van der Waals surface area contributed by atoms with E-state index >= 15 is 0 Å². The molecule has 0 aliphatic carbocycles. The number of ether oxygens (including phenoxy) is 1. The Labute approximate surface area is 207 Å². The molecule has 0 atom stereocenters. The zero-order valence-electron chi connectivity index (χ0n) is 20.6. The van der Waals surface area contributed by atoms with Crippen molar-refractivity contribution in [2.24, 2.45) is 17.3 Å². The van der Waals surface area contributed by atoms with Gasteiger partial charge in [0.2, 0.25) is 11.8 Å². The zero-order valence-corrected chi connectivity index (χ0v) is 20.6. The monoisotopic (exact) mass is 482 g/mol. The average molecular weight is 483 g/mol. The highest BCUT2D eigenvalue weighted by Crippen LogP contribution is 2.35. The number of carbonyl (C=O) groups is 2. The van der Waals surface area contributed by atoms with Crippen molar-refractivity contribution in [2.45, 2.75) is 26.2 Å². The number of allylic oxidation sites excluding steroid dienone is 1. The Morgan fingerprint density at radius 2 is 1.94 bits per heavy atom. The summed E-state index contributed by atoms with van der Waals surface area (Å²) in [7, 11) is 0. The summed E-state index contributed by atoms with van der Waals surface area (Å²) in [5.74, 6) is 5.94. The average Bonchev–Trinajstić information content (AvgIpc) is 2.84. The molecule has 0 unspecified atom stereocenters. The Kier molecular flexibility index (Phi) is 11.2. The number of rotatable bonds is 13. The molecule has 35 heavy (non-hydrogen) atoms. The van der Waals surface area contributed by atoms with Gasteiger partial charge in [-0.05, 0) is 18.1 Å². The first-order valence-corrected chi connectivity index (χ1v) is 11.8. The van der Waals surface area contributed by atoms with E-state index in [4.69, 9.17) is 22.0 Å². The number of anilines is 1. The summed E-state index contributed by atoms with van der Waals surface area (Å²) in [6.07, 6.45) is 4.31. The third kappa shape index (κ3) is 7.29. The lowest BCUT2D eigenvalue weighted by Gasteiger charge is -2.33. The van der Waals surface area contributed by atoms with Crippen LogP contribution in [0.3, 0.4) is 0 Å². The molecule has 2 amide bonds. The molecule has 0 saturated heterocycles. The van der Waals surface area contributed by atoms with E-state index in [1.165, 1.54) is 5.01 Å². The fourth-order valence-corrected chi connectivity index (χ4v) is 3.85. The highest BCUT2D eigenvalue weighted by molar-refractivity contribution is 5.99. The van der Waals surface area contributed by atoms with Crippen molar-refractivity contribution < 1.29 is 14.3 Å². The number of nitrogens with two attached hydrogens (primary N) is 3. The number of nitrogens with one attached hydrogen (secondary N) is 1. The van der Waals surface area contributed by atoms with Crippen LogP contribution >= 0.6 is 0 Å². The summed E-state index contributed by atoms with van der Waals surface area (Å²) in [5.41, 5.74) is 16.0. The number of hydrazine groups is 1. The highest BCUT2D eigenvalue weighted by Gasteiger charge is 2.28. The Morgan fingerprint density at radius 3 is 2.60 bits per heavy atom. The first-order valence-electron chi connectivity index (χ1n) is 11.8. The van der Waals surface area contributed by atoms with Gasteiger partial charge in [0.05, 0.1) is 30.2 Å². The Bertz CT molecular complexity index is 985. The number of hydrogen-bond donors (Lipinski definition) is 4. The zero-order chi connectivity index (χ0) is 25.8. The molecule has 1 aliphatic heterocycles. The highest BCUT2D eigenvalue weighted by atomic mass is 16.5. The van der Waals surface area contributed by atoms with Gasteiger partial charge in [0.25, 0.3) is 0 Å². The molecule has 9 nitrogen and oxygen atoms in total. The second kappa shape index (κ2) is 14.1. The van der Waals surface area contributed by atoms with Gasteiger partial charge < -0.3 is 31.4 Å². The fraction of sp³-hybridized carbons (Fsp3) is 0.385. The van der Waals surface area contributed by atoms with Crippen LogP contribution in [0.2, 0.25) is 0 Å². The molecule has 7 N–H and O–H groups in total. The van der Waals surface area contributed by atoms with Crippen molar-refractivity contribution in [3.05, 3.63) is 72.0 Å². The molecule has 1 aromatic rings. The van der Waals surface area contributed by atoms with Gasteiger partial charge in [-0.25, -0.2) is 5.84 Å². The standard InChI is InChI=1S/C26H38N6O3/c1-4-16-35-17-14-30-23(33)11-12-24(34)31-18-19(5-2)20(6-3)25(28)26(32(29)15-13-27)21-9-7-8-10-22(21)31/h5-10H,2-4,11-18,27-29H2,1H3,(H,30,33)/b20-19-,26-25-. The lowest BCUT2D eigenvalue weighted by atomic mass is 9.95. The minimum absolute atomic E-state index is 0.0352. The summed E-state index contributed by atoms with van der Waals surface area (Å²) in [5, 5.41) is 4.27. The van der Waals surface area contributed by atoms with Crippen LogP contribution in [0.4, 0.5) is 5.69 Å².